The third-order valence-electron chi connectivity index (χ3n) is 3.30. The summed E-state index contributed by atoms with van der Waals surface area (Å²) in [7, 11) is 1.63. The van der Waals surface area contributed by atoms with Crippen LogP contribution in [0.15, 0.2) is 30.5 Å². The van der Waals surface area contributed by atoms with E-state index in [1.807, 2.05) is 30.5 Å². The lowest BCUT2D eigenvalue weighted by Crippen LogP contribution is -2.20. The molecule has 1 aromatic carbocycles. The van der Waals surface area contributed by atoms with E-state index in [2.05, 4.69) is 24.1 Å². The summed E-state index contributed by atoms with van der Waals surface area (Å²) in [5.41, 5.74) is 0.858. The molecule has 4 nitrogen and oxygen atoms in total. The van der Waals surface area contributed by atoms with Crippen molar-refractivity contribution in [1.29, 1.82) is 0 Å². The Hall–Kier alpha value is -1.43. The van der Waals surface area contributed by atoms with E-state index in [0.717, 1.165) is 24.3 Å². The number of benzene rings is 1. The molecule has 2 aromatic rings. The van der Waals surface area contributed by atoms with Gasteiger partial charge in [-0.2, -0.15) is 0 Å². The minimum atomic E-state index is -0.543. The van der Waals surface area contributed by atoms with Gasteiger partial charge in [-0.25, -0.2) is 4.98 Å². The molecule has 0 fully saturated rings. The molecule has 2 N–H and O–H groups in total. The number of aromatic nitrogens is 1. The molecule has 0 aliphatic heterocycles. The second kappa shape index (κ2) is 8.27. The molecule has 22 heavy (non-hydrogen) atoms. The molecule has 120 valence electrons. The van der Waals surface area contributed by atoms with Crippen LogP contribution < -0.4 is 10.1 Å². The van der Waals surface area contributed by atoms with Gasteiger partial charge < -0.3 is 15.2 Å². The van der Waals surface area contributed by atoms with E-state index in [4.69, 9.17) is 4.74 Å². The molecule has 0 aliphatic carbocycles. The highest BCUT2D eigenvalue weighted by Gasteiger charge is 2.09. The highest BCUT2D eigenvalue weighted by atomic mass is 32.1. The van der Waals surface area contributed by atoms with Crippen molar-refractivity contribution in [3.05, 3.63) is 45.9 Å². The Morgan fingerprint density at radius 1 is 1.36 bits per heavy atom. The van der Waals surface area contributed by atoms with Crippen molar-refractivity contribution in [1.82, 2.24) is 10.3 Å². The number of nitrogens with one attached hydrogen (secondary N) is 1. The quantitative estimate of drug-likeness (QED) is 0.784. The summed E-state index contributed by atoms with van der Waals surface area (Å²) in [6.45, 7) is 5.63. The first-order valence-corrected chi connectivity index (χ1v) is 8.36. The summed E-state index contributed by atoms with van der Waals surface area (Å²) in [6, 6.07) is 7.53. The summed E-state index contributed by atoms with van der Waals surface area (Å²) in [6.07, 6.45) is 2.41. The van der Waals surface area contributed by atoms with Crippen molar-refractivity contribution in [3.8, 4) is 5.75 Å². The van der Waals surface area contributed by atoms with Gasteiger partial charge in [0, 0.05) is 30.6 Å². The van der Waals surface area contributed by atoms with E-state index in [0.29, 0.717) is 12.5 Å². The Bertz CT molecular complexity index is 584. The number of rotatable bonds is 8. The van der Waals surface area contributed by atoms with Crippen LogP contribution in [0.5, 0.6) is 5.75 Å². The van der Waals surface area contributed by atoms with Crippen LogP contribution in [0.25, 0.3) is 0 Å². The summed E-state index contributed by atoms with van der Waals surface area (Å²) < 4.78 is 5.18. The zero-order valence-electron chi connectivity index (χ0n) is 13.4. The number of nitrogens with zero attached hydrogens (tertiary/aromatic N) is 1. The molecule has 0 saturated carbocycles. The van der Waals surface area contributed by atoms with E-state index >= 15 is 0 Å². The molecular weight excluding hydrogens is 296 g/mol. The molecule has 2 rings (SSSR count). The predicted octanol–water partition coefficient (Wildman–Crippen LogP) is 3.17. The van der Waals surface area contributed by atoms with Gasteiger partial charge >= 0.3 is 0 Å². The molecule has 5 heteroatoms. The summed E-state index contributed by atoms with van der Waals surface area (Å²) >= 11 is 1.74. The number of aliphatic hydroxyl groups excluding tert-OH is 1. The van der Waals surface area contributed by atoms with Crippen molar-refractivity contribution in [2.75, 3.05) is 13.7 Å². The van der Waals surface area contributed by atoms with Crippen LogP contribution in [0.2, 0.25) is 0 Å². The van der Waals surface area contributed by atoms with Crippen LogP contribution in [0.1, 0.15) is 35.4 Å². The zero-order valence-corrected chi connectivity index (χ0v) is 14.2. The molecule has 0 bridgehead atoms. The zero-order chi connectivity index (χ0) is 15.9. The first-order valence-electron chi connectivity index (χ1n) is 7.54. The summed E-state index contributed by atoms with van der Waals surface area (Å²) in [5.74, 6) is 1.39. The van der Waals surface area contributed by atoms with E-state index in [1.165, 1.54) is 9.88 Å². The number of thiazole rings is 1. The molecule has 1 unspecified atom stereocenters. The SMILES string of the molecule is COc1cccc(C(O)CNCc2cnc(CC(C)C)s2)c1. The summed E-state index contributed by atoms with van der Waals surface area (Å²) in [4.78, 5) is 5.64. The topological polar surface area (TPSA) is 54.4 Å². The monoisotopic (exact) mass is 320 g/mol. The van der Waals surface area contributed by atoms with Crippen molar-refractivity contribution in [2.24, 2.45) is 5.92 Å². The lowest BCUT2D eigenvalue weighted by molar-refractivity contribution is 0.174. The molecule has 0 radical (unpaired) electrons. The second-order valence-electron chi connectivity index (χ2n) is 5.74. The highest BCUT2D eigenvalue weighted by molar-refractivity contribution is 7.11. The average molecular weight is 320 g/mol. The van der Waals surface area contributed by atoms with Crippen LogP contribution in [0, 0.1) is 5.92 Å². The van der Waals surface area contributed by atoms with Gasteiger partial charge in [0.1, 0.15) is 5.75 Å². The molecule has 0 amide bonds. The molecule has 1 atom stereocenters. The van der Waals surface area contributed by atoms with Crippen molar-refractivity contribution < 1.29 is 9.84 Å². The standard InChI is InChI=1S/C17H24N2O2S/c1-12(2)7-17-19-10-15(22-17)9-18-11-16(20)13-5-4-6-14(8-13)21-3/h4-6,8,10,12,16,18,20H,7,9,11H2,1-3H3. The van der Waals surface area contributed by atoms with Gasteiger partial charge in [-0.3, -0.25) is 0 Å². The molecule has 0 aliphatic rings. The Kier molecular flexibility index (Phi) is 6.36. The van der Waals surface area contributed by atoms with E-state index in [1.54, 1.807) is 18.4 Å². The minimum Gasteiger partial charge on any atom is -0.497 e. The fraction of sp³-hybridized carbons (Fsp3) is 0.471. The maximum Gasteiger partial charge on any atom is 0.119 e. The number of methoxy groups -OCH3 is 1. The van der Waals surface area contributed by atoms with E-state index < -0.39 is 6.10 Å². The normalized spacial score (nSPS) is 12.6. The fourth-order valence-electron chi connectivity index (χ4n) is 2.17. The number of aliphatic hydroxyl groups is 1. The molecular formula is C17H24N2O2S. The largest absolute Gasteiger partial charge is 0.497 e. The number of ether oxygens (including phenoxy) is 1. The Morgan fingerprint density at radius 2 is 2.18 bits per heavy atom. The van der Waals surface area contributed by atoms with Crippen LogP contribution in [-0.4, -0.2) is 23.7 Å². The van der Waals surface area contributed by atoms with Crippen LogP contribution in [-0.2, 0) is 13.0 Å². The van der Waals surface area contributed by atoms with E-state index in [-0.39, 0.29) is 0 Å². The highest BCUT2D eigenvalue weighted by Crippen LogP contribution is 2.19. The molecule has 1 heterocycles. The third kappa shape index (κ3) is 5.09. The molecule has 0 spiro atoms. The van der Waals surface area contributed by atoms with Crippen LogP contribution in [0.3, 0.4) is 0 Å². The summed E-state index contributed by atoms with van der Waals surface area (Å²) in [5, 5.41) is 14.7. The first kappa shape index (κ1) is 16.9. The van der Waals surface area contributed by atoms with Crippen molar-refractivity contribution in [2.45, 2.75) is 32.9 Å². The lowest BCUT2D eigenvalue weighted by Gasteiger charge is -2.12. The maximum absolute atomic E-state index is 10.2. The van der Waals surface area contributed by atoms with Crippen LogP contribution >= 0.6 is 11.3 Å². The predicted molar refractivity (Wildman–Crippen MR) is 90.3 cm³/mol. The van der Waals surface area contributed by atoms with Crippen molar-refractivity contribution in [3.63, 3.8) is 0 Å². The van der Waals surface area contributed by atoms with Gasteiger partial charge in [0.15, 0.2) is 0 Å². The van der Waals surface area contributed by atoms with Gasteiger partial charge in [0.25, 0.3) is 0 Å². The lowest BCUT2D eigenvalue weighted by atomic mass is 10.1. The average Bonchev–Trinajstić information content (AvgIpc) is 2.93. The number of hydrogen-bond donors (Lipinski definition) is 2. The maximum atomic E-state index is 10.2. The van der Waals surface area contributed by atoms with Gasteiger partial charge in [-0.05, 0) is 23.6 Å². The second-order valence-corrected chi connectivity index (χ2v) is 6.94. The third-order valence-corrected chi connectivity index (χ3v) is 4.32. The Morgan fingerprint density at radius 3 is 2.91 bits per heavy atom. The van der Waals surface area contributed by atoms with Gasteiger partial charge in [-0.1, -0.05) is 26.0 Å². The van der Waals surface area contributed by atoms with Crippen LogP contribution in [0.4, 0.5) is 0 Å². The Balaban J connectivity index is 1.81. The van der Waals surface area contributed by atoms with Gasteiger partial charge in [-0.15, -0.1) is 11.3 Å². The Labute approximate surface area is 136 Å². The smallest absolute Gasteiger partial charge is 0.119 e. The number of hydrogen-bond acceptors (Lipinski definition) is 5. The van der Waals surface area contributed by atoms with Gasteiger partial charge in [0.2, 0.25) is 0 Å². The fourth-order valence-corrected chi connectivity index (χ4v) is 3.28. The molecule has 0 saturated heterocycles. The molecule has 1 aromatic heterocycles. The minimum absolute atomic E-state index is 0.505. The van der Waals surface area contributed by atoms with Gasteiger partial charge in [0.05, 0.1) is 18.2 Å². The van der Waals surface area contributed by atoms with E-state index in [9.17, 15) is 5.11 Å². The first-order chi connectivity index (χ1) is 10.6. The van der Waals surface area contributed by atoms with Crippen molar-refractivity contribution >= 4 is 11.3 Å².